The molecule has 0 amide bonds. The number of hydrogen-bond acceptors (Lipinski definition) is 4. The molecule has 2 rings (SSSR count). The molecule has 3 N–H and O–H groups in total. The number of aliphatic hydroxyl groups excluding tert-OH is 1. The summed E-state index contributed by atoms with van der Waals surface area (Å²) >= 11 is 3.25. The predicted octanol–water partition coefficient (Wildman–Crippen LogP) is 1.42. The number of hydrogen-bond donors (Lipinski definition) is 2. The van der Waals surface area contributed by atoms with E-state index in [1.54, 1.807) is 12.1 Å². The van der Waals surface area contributed by atoms with Crippen molar-refractivity contribution in [3.8, 4) is 0 Å². The molecular weight excluding hydrogens is 332 g/mol. The van der Waals surface area contributed by atoms with Crippen molar-refractivity contribution in [2.75, 3.05) is 18.8 Å². The average molecular weight is 349 g/mol. The van der Waals surface area contributed by atoms with Gasteiger partial charge in [-0.2, -0.15) is 4.31 Å². The van der Waals surface area contributed by atoms with E-state index in [1.165, 1.54) is 10.4 Å². The zero-order valence-electron chi connectivity index (χ0n) is 10.6. The number of halogens is 1. The maximum Gasteiger partial charge on any atom is 0.245 e. The summed E-state index contributed by atoms with van der Waals surface area (Å²) in [5, 5.41) is 9.67. The summed E-state index contributed by atoms with van der Waals surface area (Å²) < 4.78 is 27.2. The summed E-state index contributed by atoms with van der Waals surface area (Å²) in [6, 6.07) is 4.74. The zero-order valence-corrected chi connectivity index (χ0v) is 13.0. The molecule has 1 fully saturated rings. The van der Waals surface area contributed by atoms with Crippen LogP contribution in [0.3, 0.4) is 0 Å². The van der Waals surface area contributed by atoms with E-state index in [0.717, 1.165) is 4.47 Å². The molecule has 1 aliphatic heterocycles. The van der Waals surface area contributed by atoms with Crippen LogP contribution in [-0.4, -0.2) is 37.0 Å². The largest absolute Gasteiger partial charge is 0.398 e. The Kier molecular flexibility index (Phi) is 4.20. The number of rotatable bonds is 2. The Hall–Kier alpha value is -0.630. The molecule has 0 spiro atoms. The van der Waals surface area contributed by atoms with E-state index < -0.39 is 16.1 Å². The van der Waals surface area contributed by atoms with Crippen molar-refractivity contribution in [3.63, 3.8) is 0 Å². The Bertz CT molecular complexity index is 576. The van der Waals surface area contributed by atoms with Crippen molar-refractivity contribution in [1.82, 2.24) is 4.31 Å². The maximum absolute atomic E-state index is 12.5. The second-order valence-corrected chi connectivity index (χ2v) is 7.70. The molecule has 0 bridgehead atoms. The Balaban J connectivity index is 2.32. The van der Waals surface area contributed by atoms with Gasteiger partial charge in [0.1, 0.15) is 4.90 Å². The molecule has 5 nitrogen and oxygen atoms in total. The number of piperidine rings is 1. The first kappa shape index (κ1) is 14.8. The fourth-order valence-electron chi connectivity index (χ4n) is 2.21. The van der Waals surface area contributed by atoms with Crippen LogP contribution in [0.15, 0.2) is 27.6 Å². The molecule has 0 radical (unpaired) electrons. The fourth-order valence-corrected chi connectivity index (χ4v) is 4.24. The van der Waals surface area contributed by atoms with Gasteiger partial charge in [0.15, 0.2) is 0 Å². The highest BCUT2D eigenvalue weighted by Crippen LogP contribution is 2.28. The Morgan fingerprint density at radius 2 is 2.16 bits per heavy atom. The summed E-state index contributed by atoms with van der Waals surface area (Å²) in [7, 11) is -3.59. The van der Waals surface area contributed by atoms with Crippen LogP contribution in [0.25, 0.3) is 0 Å². The molecule has 19 heavy (non-hydrogen) atoms. The summed E-state index contributed by atoms with van der Waals surface area (Å²) in [4.78, 5) is 0.124. The van der Waals surface area contributed by atoms with Gasteiger partial charge in [-0.15, -0.1) is 0 Å². The number of benzene rings is 1. The van der Waals surface area contributed by atoms with E-state index in [4.69, 9.17) is 5.73 Å². The van der Waals surface area contributed by atoms with Gasteiger partial charge in [-0.1, -0.05) is 22.9 Å². The molecule has 1 heterocycles. The predicted molar refractivity (Wildman–Crippen MR) is 77.1 cm³/mol. The van der Waals surface area contributed by atoms with Crippen molar-refractivity contribution >= 4 is 31.6 Å². The van der Waals surface area contributed by atoms with Gasteiger partial charge in [0, 0.05) is 17.6 Å². The number of nitrogens with zero attached hydrogens (tertiary/aromatic N) is 1. The summed E-state index contributed by atoms with van der Waals surface area (Å²) in [5.41, 5.74) is 6.02. The number of nitrogen functional groups attached to an aromatic ring is 1. The first-order valence-electron chi connectivity index (χ1n) is 6.05. The highest BCUT2D eigenvalue weighted by molar-refractivity contribution is 9.10. The lowest BCUT2D eigenvalue weighted by Gasteiger charge is -2.33. The minimum atomic E-state index is -3.59. The second kappa shape index (κ2) is 5.40. The Morgan fingerprint density at radius 1 is 1.47 bits per heavy atom. The standard InChI is InChI=1S/C12H17BrN2O3S/c1-8-7-15(5-4-11(8)16)19(17,18)12-3-2-9(13)6-10(12)14/h2-3,6,8,11,16H,4-5,7,14H2,1H3. The molecule has 0 aliphatic carbocycles. The Morgan fingerprint density at radius 3 is 2.74 bits per heavy atom. The maximum atomic E-state index is 12.5. The minimum Gasteiger partial charge on any atom is -0.398 e. The molecule has 0 aromatic heterocycles. The van der Waals surface area contributed by atoms with E-state index in [9.17, 15) is 13.5 Å². The van der Waals surface area contributed by atoms with Crippen LogP contribution in [-0.2, 0) is 10.0 Å². The highest BCUT2D eigenvalue weighted by Gasteiger charge is 2.33. The molecule has 2 unspecified atom stereocenters. The van der Waals surface area contributed by atoms with Crippen molar-refractivity contribution in [2.24, 2.45) is 5.92 Å². The number of anilines is 1. The van der Waals surface area contributed by atoms with Gasteiger partial charge in [-0.05, 0) is 30.5 Å². The highest BCUT2D eigenvalue weighted by atomic mass is 79.9. The number of aliphatic hydroxyl groups is 1. The summed E-state index contributed by atoms with van der Waals surface area (Å²) in [6.45, 7) is 2.49. The number of sulfonamides is 1. The van der Waals surface area contributed by atoms with Gasteiger partial charge in [0.05, 0.1) is 11.8 Å². The fraction of sp³-hybridized carbons (Fsp3) is 0.500. The first-order valence-corrected chi connectivity index (χ1v) is 8.29. The second-order valence-electron chi connectivity index (χ2n) is 4.88. The summed E-state index contributed by atoms with van der Waals surface area (Å²) in [6.07, 6.45) is 0.0188. The van der Waals surface area contributed by atoms with Gasteiger partial charge in [-0.25, -0.2) is 8.42 Å². The van der Waals surface area contributed by atoms with E-state index in [0.29, 0.717) is 19.5 Å². The van der Waals surface area contributed by atoms with Gasteiger partial charge >= 0.3 is 0 Å². The summed E-state index contributed by atoms with van der Waals surface area (Å²) in [5.74, 6) is -0.0693. The zero-order chi connectivity index (χ0) is 14.2. The third-order valence-electron chi connectivity index (χ3n) is 3.41. The molecule has 1 aromatic carbocycles. The van der Waals surface area contributed by atoms with Crippen molar-refractivity contribution < 1.29 is 13.5 Å². The SMILES string of the molecule is CC1CN(S(=O)(=O)c2ccc(Br)cc2N)CCC1O. The van der Waals surface area contributed by atoms with Gasteiger partial charge in [0.2, 0.25) is 10.0 Å². The van der Waals surface area contributed by atoms with Crippen LogP contribution in [0.4, 0.5) is 5.69 Å². The molecule has 0 saturated carbocycles. The van der Waals surface area contributed by atoms with Crippen LogP contribution >= 0.6 is 15.9 Å². The molecule has 1 aliphatic rings. The smallest absolute Gasteiger partial charge is 0.245 e. The lowest BCUT2D eigenvalue weighted by atomic mass is 9.99. The van der Waals surface area contributed by atoms with Gasteiger partial charge < -0.3 is 10.8 Å². The minimum absolute atomic E-state index is 0.0693. The van der Waals surface area contributed by atoms with Crippen LogP contribution in [0.2, 0.25) is 0 Å². The van der Waals surface area contributed by atoms with E-state index in [-0.39, 0.29) is 16.5 Å². The Labute approximate surface area is 121 Å². The van der Waals surface area contributed by atoms with Crippen molar-refractivity contribution in [3.05, 3.63) is 22.7 Å². The lowest BCUT2D eigenvalue weighted by molar-refractivity contribution is 0.0629. The molecule has 106 valence electrons. The van der Waals surface area contributed by atoms with Crippen molar-refractivity contribution in [1.29, 1.82) is 0 Å². The topological polar surface area (TPSA) is 83.6 Å². The normalized spacial score (nSPS) is 25.4. The van der Waals surface area contributed by atoms with E-state index in [1.807, 2.05) is 6.92 Å². The lowest BCUT2D eigenvalue weighted by Crippen LogP contribution is -2.44. The van der Waals surface area contributed by atoms with E-state index >= 15 is 0 Å². The van der Waals surface area contributed by atoms with Crippen LogP contribution in [0.1, 0.15) is 13.3 Å². The van der Waals surface area contributed by atoms with Gasteiger partial charge in [-0.3, -0.25) is 0 Å². The van der Waals surface area contributed by atoms with Gasteiger partial charge in [0.25, 0.3) is 0 Å². The molecule has 7 heteroatoms. The quantitative estimate of drug-likeness (QED) is 0.791. The number of nitrogens with two attached hydrogens (primary N) is 1. The van der Waals surface area contributed by atoms with Crippen LogP contribution < -0.4 is 5.73 Å². The molecule has 2 atom stereocenters. The molecule has 1 saturated heterocycles. The third-order valence-corrected chi connectivity index (χ3v) is 5.84. The molecule has 1 aromatic rings. The first-order chi connectivity index (χ1) is 8.82. The molecular formula is C12H17BrN2O3S. The monoisotopic (exact) mass is 348 g/mol. The van der Waals surface area contributed by atoms with E-state index in [2.05, 4.69) is 15.9 Å². The van der Waals surface area contributed by atoms with Crippen LogP contribution in [0.5, 0.6) is 0 Å². The average Bonchev–Trinajstić information content (AvgIpc) is 2.32. The van der Waals surface area contributed by atoms with Crippen molar-refractivity contribution in [2.45, 2.75) is 24.3 Å². The third kappa shape index (κ3) is 2.94. The van der Waals surface area contributed by atoms with Crippen LogP contribution in [0, 0.1) is 5.92 Å².